The van der Waals surface area contributed by atoms with Crippen LogP contribution in [0.1, 0.15) is 10.4 Å². The van der Waals surface area contributed by atoms with Gasteiger partial charge in [0.25, 0.3) is 11.5 Å². The average molecular weight is 416 g/mol. The van der Waals surface area contributed by atoms with Crippen LogP contribution >= 0.6 is 15.9 Å². The molecule has 0 bridgehead atoms. The number of ether oxygens (including phenoxy) is 1. The zero-order valence-electron chi connectivity index (χ0n) is 13.7. The molecular weight excluding hydrogens is 402 g/mol. The fraction of sp³-hybridized carbons (Fsp3) is 0.0556. The van der Waals surface area contributed by atoms with E-state index in [1.54, 1.807) is 48.5 Å². The second-order valence-corrected chi connectivity index (χ2v) is 6.22. The quantitative estimate of drug-likeness (QED) is 0.684. The van der Waals surface area contributed by atoms with Crippen LogP contribution in [-0.2, 0) is 0 Å². The molecule has 0 aliphatic rings. The normalized spacial score (nSPS) is 10.4. The van der Waals surface area contributed by atoms with Gasteiger partial charge in [0.05, 0.1) is 12.8 Å². The zero-order chi connectivity index (χ0) is 18.7. The predicted molar refractivity (Wildman–Crippen MR) is 101 cm³/mol. The van der Waals surface area contributed by atoms with E-state index in [0.717, 1.165) is 15.2 Å². The van der Waals surface area contributed by atoms with E-state index in [2.05, 4.69) is 26.2 Å². The minimum atomic E-state index is -0.714. The van der Waals surface area contributed by atoms with Gasteiger partial charge in [-0.15, -0.1) is 0 Å². The number of aromatic nitrogens is 2. The van der Waals surface area contributed by atoms with E-state index in [1.807, 2.05) is 0 Å². The van der Waals surface area contributed by atoms with Gasteiger partial charge in [-0.3, -0.25) is 9.59 Å². The lowest BCUT2D eigenvalue weighted by molar-refractivity contribution is 0.102. The maximum absolute atomic E-state index is 12.7. The van der Waals surface area contributed by atoms with E-state index >= 15 is 0 Å². The van der Waals surface area contributed by atoms with E-state index in [4.69, 9.17) is 4.74 Å². The molecule has 0 saturated carbocycles. The summed E-state index contributed by atoms with van der Waals surface area (Å²) in [6.07, 6.45) is 1.11. The smallest absolute Gasteiger partial charge is 0.333 e. The van der Waals surface area contributed by atoms with Crippen molar-refractivity contribution in [3.8, 4) is 11.4 Å². The molecule has 2 N–H and O–H groups in total. The lowest BCUT2D eigenvalue weighted by atomic mass is 10.2. The Kier molecular flexibility index (Phi) is 5.04. The topological polar surface area (TPSA) is 93.2 Å². The van der Waals surface area contributed by atoms with Crippen molar-refractivity contribution in [1.29, 1.82) is 0 Å². The van der Waals surface area contributed by atoms with Crippen molar-refractivity contribution in [2.45, 2.75) is 0 Å². The molecule has 0 spiro atoms. The second-order valence-electron chi connectivity index (χ2n) is 5.31. The number of rotatable bonds is 4. The highest BCUT2D eigenvalue weighted by molar-refractivity contribution is 9.10. The molecular formula is C18H14BrN3O4. The number of methoxy groups -OCH3 is 1. The van der Waals surface area contributed by atoms with Gasteiger partial charge >= 0.3 is 5.69 Å². The fourth-order valence-corrected chi connectivity index (χ4v) is 2.60. The van der Waals surface area contributed by atoms with Gasteiger partial charge in [-0.1, -0.05) is 15.9 Å². The first-order valence-corrected chi connectivity index (χ1v) is 8.35. The van der Waals surface area contributed by atoms with Gasteiger partial charge in [-0.05, 0) is 48.5 Å². The third-order valence-corrected chi connectivity index (χ3v) is 4.18. The zero-order valence-corrected chi connectivity index (χ0v) is 15.2. The van der Waals surface area contributed by atoms with Crippen LogP contribution in [0.3, 0.4) is 0 Å². The summed E-state index contributed by atoms with van der Waals surface area (Å²) in [6.45, 7) is 0. The minimum Gasteiger partial charge on any atom is -0.497 e. The second kappa shape index (κ2) is 7.40. The summed E-state index contributed by atoms with van der Waals surface area (Å²) in [5.74, 6) is -0.0294. The molecule has 1 heterocycles. The van der Waals surface area contributed by atoms with E-state index in [0.29, 0.717) is 17.1 Å². The molecule has 0 atom stereocenters. The Morgan fingerprint density at radius 3 is 2.35 bits per heavy atom. The highest BCUT2D eigenvalue weighted by atomic mass is 79.9. The number of anilines is 1. The van der Waals surface area contributed by atoms with Gasteiger partial charge < -0.3 is 15.0 Å². The number of carbonyl (C=O) groups excluding carboxylic acids is 1. The third-order valence-electron chi connectivity index (χ3n) is 3.65. The van der Waals surface area contributed by atoms with Crippen molar-refractivity contribution in [2.75, 3.05) is 12.4 Å². The molecule has 132 valence electrons. The summed E-state index contributed by atoms with van der Waals surface area (Å²) >= 11 is 3.31. The molecule has 0 saturated heterocycles. The Bertz CT molecular complexity index is 1050. The predicted octanol–water partition coefficient (Wildman–Crippen LogP) is 2.55. The maximum Gasteiger partial charge on any atom is 0.333 e. The molecule has 2 aromatic carbocycles. The van der Waals surface area contributed by atoms with E-state index in [-0.39, 0.29) is 5.56 Å². The van der Waals surface area contributed by atoms with Gasteiger partial charge in [0, 0.05) is 16.4 Å². The van der Waals surface area contributed by atoms with Crippen LogP contribution in [0.5, 0.6) is 5.75 Å². The molecule has 0 fully saturated rings. The highest BCUT2D eigenvalue weighted by Gasteiger charge is 2.16. The Balaban J connectivity index is 1.98. The Morgan fingerprint density at radius 2 is 1.73 bits per heavy atom. The molecule has 7 nitrogen and oxygen atoms in total. The van der Waals surface area contributed by atoms with Crippen molar-refractivity contribution in [2.24, 2.45) is 0 Å². The number of H-pyrrole nitrogens is 1. The Hall–Kier alpha value is -3.13. The molecule has 0 aliphatic carbocycles. The average Bonchev–Trinajstić information content (AvgIpc) is 2.64. The lowest BCUT2D eigenvalue weighted by Crippen LogP contribution is -2.38. The van der Waals surface area contributed by atoms with Gasteiger partial charge in [0.1, 0.15) is 11.3 Å². The number of nitrogens with one attached hydrogen (secondary N) is 2. The summed E-state index contributed by atoms with van der Waals surface area (Å²) in [4.78, 5) is 39.6. The standard InChI is InChI=1S/C18H14BrN3O4/c1-26-14-8-6-13(7-9-14)22-17(24)15(10-20-18(22)25)16(23)21-12-4-2-11(19)3-5-12/h2-10H,1H3,(H,20,25)(H,21,23). The van der Waals surface area contributed by atoms with Crippen molar-refractivity contribution in [3.63, 3.8) is 0 Å². The van der Waals surface area contributed by atoms with Crippen LogP contribution < -0.4 is 21.3 Å². The van der Waals surface area contributed by atoms with Crippen LogP contribution in [0.15, 0.2) is 68.8 Å². The molecule has 3 rings (SSSR count). The Labute approximate surface area is 156 Å². The van der Waals surface area contributed by atoms with E-state index in [9.17, 15) is 14.4 Å². The third kappa shape index (κ3) is 3.60. The van der Waals surface area contributed by atoms with Gasteiger partial charge in [0.15, 0.2) is 0 Å². The summed E-state index contributed by atoms with van der Waals surface area (Å²) in [5.41, 5.74) is -0.674. The lowest BCUT2D eigenvalue weighted by Gasteiger charge is -2.09. The maximum atomic E-state index is 12.7. The Morgan fingerprint density at radius 1 is 1.08 bits per heavy atom. The minimum absolute atomic E-state index is 0.177. The van der Waals surface area contributed by atoms with Gasteiger partial charge in [-0.2, -0.15) is 0 Å². The number of halogens is 1. The van der Waals surface area contributed by atoms with Crippen LogP contribution in [0, 0.1) is 0 Å². The van der Waals surface area contributed by atoms with Gasteiger partial charge in [0.2, 0.25) is 0 Å². The highest BCUT2D eigenvalue weighted by Crippen LogP contribution is 2.15. The molecule has 0 radical (unpaired) electrons. The number of benzene rings is 2. The summed E-state index contributed by atoms with van der Waals surface area (Å²) in [7, 11) is 1.51. The molecule has 1 aromatic heterocycles. The number of amides is 1. The molecule has 8 heteroatoms. The SMILES string of the molecule is COc1ccc(-n2c(=O)[nH]cc(C(=O)Nc3ccc(Br)cc3)c2=O)cc1. The van der Waals surface area contributed by atoms with Crippen molar-refractivity contribution < 1.29 is 9.53 Å². The number of hydrogen-bond donors (Lipinski definition) is 2. The van der Waals surface area contributed by atoms with E-state index < -0.39 is 17.2 Å². The number of carbonyl (C=O) groups is 1. The molecule has 1 amide bonds. The number of hydrogen-bond acceptors (Lipinski definition) is 4. The molecule has 0 unspecified atom stereocenters. The molecule has 0 aliphatic heterocycles. The van der Waals surface area contributed by atoms with Crippen LogP contribution in [0.25, 0.3) is 5.69 Å². The van der Waals surface area contributed by atoms with Crippen molar-refractivity contribution in [1.82, 2.24) is 9.55 Å². The first-order valence-electron chi connectivity index (χ1n) is 7.55. The van der Waals surface area contributed by atoms with E-state index in [1.165, 1.54) is 7.11 Å². The molecule has 3 aromatic rings. The summed E-state index contributed by atoms with van der Waals surface area (Å²) in [6, 6.07) is 13.3. The summed E-state index contributed by atoms with van der Waals surface area (Å²) < 4.78 is 6.82. The first-order chi connectivity index (χ1) is 12.5. The van der Waals surface area contributed by atoms with Crippen LogP contribution in [0.4, 0.5) is 5.69 Å². The molecule has 26 heavy (non-hydrogen) atoms. The largest absolute Gasteiger partial charge is 0.497 e. The van der Waals surface area contributed by atoms with Crippen molar-refractivity contribution >= 4 is 27.5 Å². The monoisotopic (exact) mass is 415 g/mol. The van der Waals surface area contributed by atoms with Crippen LogP contribution in [-0.4, -0.2) is 22.6 Å². The number of nitrogens with zero attached hydrogens (tertiary/aromatic N) is 1. The fourth-order valence-electron chi connectivity index (χ4n) is 2.33. The van der Waals surface area contributed by atoms with Gasteiger partial charge in [-0.25, -0.2) is 9.36 Å². The first kappa shape index (κ1) is 17.7. The van der Waals surface area contributed by atoms with Crippen LogP contribution in [0.2, 0.25) is 0 Å². The number of aromatic amines is 1. The summed E-state index contributed by atoms with van der Waals surface area (Å²) in [5, 5.41) is 2.63. The van der Waals surface area contributed by atoms with Crippen molar-refractivity contribution in [3.05, 3.63) is 85.6 Å².